The molecular weight excluding hydrogens is 478 g/mol. The van der Waals surface area contributed by atoms with Gasteiger partial charge in [0.25, 0.3) is 5.91 Å². The number of carbonyl (C=O) groups is 1. The molecule has 1 saturated heterocycles. The Morgan fingerprint density at radius 3 is 2.15 bits per heavy atom. The van der Waals surface area contributed by atoms with E-state index in [-0.39, 0.29) is 35.5 Å². The molecule has 4 unspecified atom stereocenters. The van der Waals surface area contributed by atoms with Crippen LogP contribution in [0.15, 0.2) is 24.5 Å². The molecular formula is C18H18F6N6O4. The maximum atomic E-state index is 13.0. The van der Waals surface area contributed by atoms with E-state index in [1.165, 1.54) is 0 Å². The minimum absolute atomic E-state index is 0.0305. The maximum absolute atomic E-state index is 13.0. The molecule has 1 fully saturated rings. The largest absolute Gasteiger partial charge is 0.416 e. The molecule has 0 saturated carbocycles. The van der Waals surface area contributed by atoms with Crippen molar-refractivity contribution in [3.8, 4) is 0 Å². The van der Waals surface area contributed by atoms with Gasteiger partial charge in [0.05, 0.1) is 11.1 Å². The van der Waals surface area contributed by atoms with Crippen molar-refractivity contribution in [2.24, 2.45) is 0 Å². The zero-order chi connectivity index (χ0) is 25.4. The standard InChI is InChI=1S/C18H18F6N6O4/c19-17(20,21)7-1-6(2-8(3-7)18(22,23)24)15(33)27-4-9-11(31)12(32)16(34-9)30-14-10(25)13(26)28-5-29-14/h1-3,5,9,11-12,16,31-32H,4,25H2,(H,27,33)(H3,26,28,29,30). The van der Waals surface area contributed by atoms with E-state index in [0.717, 1.165) is 6.33 Å². The van der Waals surface area contributed by atoms with Crippen molar-refractivity contribution >= 4 is 23.2 Å². The fourth-order valence-electron chi connectivity index (χ4n) is 3.08. The summed E-state index contributed by atoms with van der Waals surface area (Å²) in [5, 5.41) is 25.0. The molecule has 4 atom stereocenters. The van der Waals surface area contributed by atoms with Gasteiger partial charge in [0.2, 0.25) is 0 Å². The molecule has 8 N–H and O–H groups in total. The molecule has 1 aliphatic rings. The first-order chi connectivity index (χ1) is 15.7. The van der Waals surface area contributed by atoms with Crippen LogP contribution in [0.5, 0.6) is 0 Å². The summed E-state index contributed by atoms with van der Waals surface area (Å²) in [5.41, 5.74) is 6.93. The average molecular weight is 496 g/mol. The molecule has 1 aromatic carbocycles. The summed E-state index contributed by atoms with van der Waals surface area (Å²) >= 11 is 0. The summed E-state index contributed by atoms with van der Waals surface area (Å²) < 4.78 is 83.3. The van der Waals surface area contributed by atoms with E-state index in [1.54, 1.807) is 0 Å². The number of hydrogen-bond acceptors (Lipinski definition) is 9. The Bertz CT molecular complexity index is 1030. The third-order valence-electron chi connectivity index (χ3n) is 4.87. The molecule has 10 nitrogen and oxygen atoms in total. The van der Waals surface area contributed by atoms with Crippen LogP contribution in [0.3, 0.4) is 0 Å². The lowest BCUT2D eigenvalue weighted by atomic mass is 10.0. The van der Waals surface area contributed by atoms with Crippen LogP contribution in [0.25, 0.3) is 0 Å². The molecule has 1 amide bonds. The van der Waals surface area contributed by atoms with Crippen molar-refractivity contribution < 1.29 is 46.1 Å². The molecule has 0 aliphatic carbocycles. The highest BCUT2D eigenvalue weighted by atomic mass is 19.4. The van der Waals surface area contributed by atoms with Crippen molar-refractivity contribution in [2.75, 3.05) is 23.3 Å². The Labute approximate surface area is 186 Å². The second-order valence-corrected chi connectivity index (χ2v) is 7.25. The number of nitrogen functional groups attached to an aromatic ring is 2. The fourth-order valence-corrected chi connectivity index (χ4v) is 3.08. The first-order valence-electron chi connectivity index (χ1n) is 9.40. The van der Waals surface area contributed by atoms with Gasteiger partial charge >= 0.3 is 12.4 Å². The van der Waals surface area contributed by atoms with Crippen LogP contribution in [0.1, 0.15) is 21.5 Å². The van der Waals surface area contributed by atoms with Gasteiger partial charge in [-0.3, -0.25) is 4.79 Å². The number of benzene rings is 1. The van der Waals surface area contributed by atoms with Crippen LogP contribution in [0.4, 0.5) is 43.7 Å². The predicted octanol–water partition coefficient (Wildman–Crippen LogP) is 0.967. The van der Waals surface area contributed by atoms with Gasteiger partial charge in [-0.25, -0.2) is 9.97 Å². The molecule has 0 spiro atoms. The van der Waals surface area contributed by atoms with Crippen LogP contribution in [-0.2, 0) is 17.1 Å². The smallest absolute Gasteiger partial charge is 0.393 e. The number of ether oxygens (including phenoxy) is 1. The first kappa shape index (κ1) is 25.3. The number of amides is 1. The molecule has 34 heavy (non-hydrogen) atoms. The topological polar surface area (TPSA) is 169 Å². The van der Waals surface area contributed by atoms with Gasteiger partial charge < -0.3 is 37.1 Å². The number of aliphatic hydroxyl groups is 2. The number of hydrogen-bond donors (Lipinski definition) is 6. The van der Waals surface area contributed by atoms with Crippen molar-refractivity contribution in [3.63, 3.8) is 0 Å². The molecule has 1 aromatic heterocycles. The van der Waals surface area contributed by atoms with Crippen LogP contribution in [0, 0.1) is 0 Å². The van der Waals surface area contributed by atoms with E-state index in [0.29, 0.717) is 0 Å². The third-order valence-corrected chi connectivity index (χ3v) is 4.87. The Kier molecular flexibility index (Phi) is 6.77. The van der Waals surface area contributed by atoms with Crippen LogP contribution in [0.2, 0.25) is 0 Å². The Hall–Kier alpha value is -3.37. The predicted molar refractivity (Wildman–Crippen MR) is 104 cm³/mol. The van der Waals surface area contributed by atoms with Gasteiger partial charge in [0.15, 0.2) is 17.9 Å². The number of rotatable bonds is 5. The second kappa shape index (κ2) is 9.11. The van der Waals surface area contributed by atoms with Crippen LogP contribution >= 0.6 is 0 Å². The molecule has 186 valence electrons. The summed E-state index contributed by atoms with van der Waals surface area (Å²) in [6, 6.07) is 0.412. The number of aliphatic hydroxyl groups excluding tert-OH is 2. The van der Waals surface area contributed by atoms with Gasteiger partial charge in [-0.2, -0.15) is 26.3 Å². The summed E-state index contributed by atoms with van der Waals surface area (Å²) in [7, 11) is 0. The van der Waals surface area contributed by atoms with Crippen LogP contribution < -0.4 is 22.1 Å². The quantitative estimate of drug-likeness (QED) is 0.330. The van der Waals surface area contributed by atoms with E-state index in [2.05, 4.69) is 20.6 Å². The highest BCUT2D eigenvalue weighted by molar-refractivity contribution is 5.94. The Balaban J connectivity index is 1.71. The number of nitrogens with two attached hydrogens (primary N) is 2. The molecule has 2 heterocycles. The van der Waals surface area contributed by atoms with Gasteiger partial charge in [-0.15, -0.1) is 0 Å². The van der Waals surface area contributed by atoms with Gasteiger partial charge in [0.1, 0.15) is 30.3 Å². The summed E-state index contributed by atoms with van der Waals surface area (Å²) in [4.78, 5) is 19.7. The summed E-state index contributed by atoms with van der Waals surface area (Å²) in [6.45, 7) is -0.561. The third kappa shape index (κ3) is 5.40. The van der Waals surface area contributed by atoms with Gasteiger partial charge in [0, 0.05) is 12.1 Å². The number of anilines is 3. The number of carbonyl (C=O) groups excluding carboxylic acids is 1. The van der Waals surface area contributed by atoms with Crippen molar-refractivity contribution in [3.05, 3.63) is 41.2 Å². The zero-order valence-electron chi connectivity index (χ0n) is 16.9. The Morgan fingerprint density at radius 2 is 1.59 bits per heavy atom. The molecule has 0 radical (unpaired) electrons. The Morgan fingerprint density at radius 1 is 1.00 bits per heavy atom. The SMILES string of the molecule is Nc1ncnc(NC2OC(CNC(=O)c3cc(C(F)(F)F)cc(C(F)(F)F)c3)C(O)C2O)c1N. The fraction of sp³-hybridized carbons (Fsp3) is 0.389. The lowest BCUT2D eigenvalue weighted by Gasteiger charge is -2.18. The molecule has 2 aromatic rings. The van der Waals surface area contributed by atoms with E-state index >= 15 is 0 Å². The van der Waals surface area contributed by atoms with Crippen LogP contribution in [-0.4, -0.2) is 57.2 Å². The number of nitrogens with one attached hydrogen (secondary N) is 2. The molecule has 0 bridgehead atoms. The molecule has 16 heteroatoms. The van der Waals surface area contributed by atoms with Crippen molar-refractivity contribution in [1.82, 2.24) is 15.3 Å². The van der Waals surface area contributed by atoms with E-state index in [4.69, 9.17) is 16.2 Å². The number of alkyl halides is 6. The highest BCUT2D eigenvalue weighted by Gasteiger charge is 2.43. The number of aromatic nitrogens is 2. The maximum Gasteiger partial charge on any atom is 0.416 e. The van der Waals surface area contributed by atoms with Gasteiger partial charge in [-0.05, 0) is 18.2 Å². The van der Waals surface area contributed by atoms with E-state index in [9.17, 15) is 41.4 Å². The minimum Gasteiger partial charge on any atom is -0.393 e. The van der Waals surface area contributed by atoms with Crippen molar-refractivity contribution in [1.29, 1.82) is 0 Å². The minimum atomic E-state index is -5.13. The second-order valence-electron chi connectivity index (χ2n) is 7.25. The lowest BCUT2D eigenvalue weighted by molar-refractivity contribution is -0.143. The van der Waals surface area contributed by atoms with E-state index in [1.807, 2.05) is 0 Å². The summed E-state index contributed by atoms with van der Waals surface area (Å²) in [6.07, 6.45) is -14.9. The lowest BCUT2D eigenvalue weighted by Crippen LogP contribution is -2.40. The highest BCUT2D eigenvalue weighted by Crippen LogP contribution is 2.36. The average Bonchev–Trinajstić information content (AvgIpc) is 3.01. The molecule has 3 rings (SSSR count). The zero-order valence-corrected chi connectivity index (χ0v) is 16.9. The van der Waals surface area contributed by atoms with Gasteiger partial charge in [-0.1, -0.05) is 0 Å². The molecule has 1 aliphatic heterocycles. The number of nitrogens with zero attached hydrogens (tertiary/aromatic N) is 2. The number of halogens is 6. The summed E-state index contributed by atoms with van der Waals surface area (Å²) in [5.74, 6) is -1.39. The van der Waals surface area contributed by atoms with Crippen molar-refractivity contribution in [2.45, 2.75) is 36.9 Å². The monoisotopic (exact) mass is 496 g/mol. The normalized spacial score (nSPS) is 23.1. The first-order valence-corrected chi connectivity index (χ1v) is 9.40. The van der Waals surface area contributed by atoms with E-state index < -0.39 is 66.0 Å².